The van der Waals surface area contributed by atoms with Gasteiger partial charge in [-0.2, -0.15) is 5.10 Å². The van der Waals surface area contributed by atoms with Crippen molar-refractivity contribution in [1.29, 1.82) is 0 Å². The monoisotopic (exact) mass is 236 g/mol. The molecule has 1 aliphatic heterocycles. The van der Waals surface area contributed by atoms with Gasteiger partial charge in [-0.25, -0.2) is 4.98 Å². The molecule has 1 aliphatic carbocycles. The summed E-state index contributed by atoms with van der Waals surface area (Å²) in [6.07, 6.45) is 6.52. The molecule has 3 rings (SSSR count). The minimum absolute atomic E-state index is 0.0496. The van der Waals surface area contributed by atoms with E-state index < -0.39 is 0 Å². The topological polar surface area (TPSA) is 62.8 Å². The Morgan fingerprint density at radius 3 is 2.82 bits per heavy atom. The molecule has 1 saturated carbocycles. The van der Waals surface area contributed by atoms with Crippen molar-refractivity contribution in [3.63, 3.8) is 0 Å². The van der Waals surface area contributed by atoms with E-state index in [0.29, 0.717) is 5.92 Å². The molecule has 2 N–H and O–H groups in total. The van der Waals surface area contributed by atoms with E-state index in [9.17, 15) is 0 Å². The van der Waals surface area contributed by atoms with Gasteiger partial charge >= 0.3 is 0 Å². The highest BCUT2D eigenvalue weighted by Crippen LogP contribution is 2.31. The molecule has 0 spiro atoms. The predicted octanol–water partition coefficient (Wildman–Crippen LogP) is 1.51. The van der Waals surface area contributed by atoms with E-state index in [0.717, 1.165) is 31.3 Å². The van der Waals surface area contributed by atoms with E-state index >= 15 is 0 Å². The van der Waals surface area contributed by atoms with Gasteiger partial charge in [0.15, 0.2) is 11.6 Å². The highest BCUT2D eigenvalue weighted by atomic mass is 16.5. The predicted molar refractivity (Wildman–Crippen MR) is 63.8 cm³/mol. The minimum atomic E-state index is 0.0496. The van der Waals surface area contributed by atoms with Crippen molar-refractivity contribution in [3.8, 4) is 0 Å². The lowest BCUT2D eigenvalue weighted by atomic mass is 9.89. The quantitative estimate of drug-likeness (QED) is 0.817. The van der Waals surface area contributed by atoms with Crippen LogP contribution in [-0.4, -0.2) is 34.9 Å². The molecule has 1 unspecified atom stereocenters. The fourth-order valence-corrected chi connectivity index (χ4v) is 2.72. The zero-order valence-corrected chi connectivity index (χ0v) is 10.1. The largest absolute Gasteiger partial charge is 0.368 e. The number of nitrogens with one attached hydrogen (secondary N) is 2. The van der Waals surface area contributed by atoms with Crippen LogP contribution in [0.5, 0.6) is 0 Å². The van der Waals surface area contributed by atoms with Crippen LogP contribution in [-0.2, 0) is 4.74 Å². The van der Waals surface area contributed by atoms with Crippen molar-refractivity contribution >= 4 is 0 Å². The fourth-order valence-electron chi connectivity index (χ4n) is 2.72. The third-order valence-corrected chi connectivity index (χ3v) is 3.72. The summed E-state index contributed by atoms with van der Waals surface area (Å²) in [6, 6.07) is 0. The summed E-state index contributed by atoms with van der Waals surface area (Å²) in [7, 11) is 0. The molecule has 1 saturated heterocycles. The van der Waals surface area contributed by atoms with E-state index in [1.54, 1.807) is 0 Å². The molecule has 2 heterocycles. The SMILES string of the molecule is C1CCC(c2n[nH]c(C3CNCCO3)n2)CC1. The molecule has 0 aromatic carbocycles. The number of rotatable bonds is 2. The first kappa shape index (κ1) is 11.2. The van der Waals surface area contributed by atoms with Crippen LogP contribution in [0.3, 0.4) is 0 Å². The number of hydrogen-bond donors (Lipinski definition) is 2. The number of ether oxygens (including phenoxy) is 1. The first-order valence-corrected chi connectivity index (χ1v) is 6.68. The Morgan fingerprint density at radius 1 is 1.18 bits per heavy atom. The fraction of sp³-hybridized carbons (Fsp3) is 0.833. The van der Waals surface area contributed by atoms with Gasteiger partial charge in [0.1, 0.15) is 6.10 Å². The summed E-state index contributed by atoms with van der Waals surface area (Å²) < 4.78 is 5.67. The van der Waals surface area contributed by atoms with E-state index in [-0.39, 0.29) is 6.10 Å². The summed E-state index contributed by atoms with van der Waals surface area (Å²) in [5.41, 5.74) is 0. The number of aromatic amines is 1. The molecule has 0 amide bonds. The third kappa shape index (κ3) is 2.50. The molecule has 1 aromatic heterocycles. The lowest BCUT2D eigenvalue weighted by Gasteiger charge is -2.21. The number of H-pyrrole nitrogens is 1. The van der Waals surface area contributed by atoms with Gasteiger partial charge in [-0.05, 0) is 12.8 Å². The Morgan fingerprint density at radius 2 is 2.06 bits per heavy atom. The maximum atomic E-state index is 5.67. The van der Waals surface area contributed by atoms with Gasteiger partial charge in [0.2, 0.25) is 0 Å². The Balaban J connectivity index is 1.68. The normalized spacial score (nSPS) is 27.2. The number of aromatic nitrogens is 3. The molecule has 5 nitrogen and oxygen atoms in total. The van der Waals surface area contributed by atoms with Gasteiger partial charge < -0.3 is 10.1 Å². The van der Waals surface area contributed by atoms with Crippen molar-refractivity contribution < 1.29 is 4.74 Å². The average molecular weight is 236 g/mol. The Kier molecular flexibility index (Phi) is 3.38. The van der Waals surface area contributed by atoms with Crippen molar-refractivity contribution in [1.82, 2.24) is 20.5 Å². The van der Waals surface area contributed by atoms with Crippen LogP contribution in [0, 0.1) is 0 Å². The molecule has 5 heteroatoms. The van der Waals surface area contributed by atoms with Crippen LogP contribution in [0.4, 0.5) is 0 Å². The zero-order valence-electron chi connectivity index (χ0n) is 10.1. The van der Waals surface area contributed by atoms with Crippen LogP contribution in [0.15, 0.2) is 0 Å². The van der Waals surface area contributed by atoms with E-state index in [1.807, 2.05) is 0 Å². The second-order valence-corrected chi connectivity index (χ2v) is 4.98. The van der Waals surface area contributed by atoms with Crippen LogP contribution < -0.4 is 5.32 Å². The molecular weight excluding hydrogens is 216 g/mol. The highest BCUT2D eigenvalue weighted by molar-refractivity contribution is 5.02. The van der Waals surface area contributed by atoms with Crippen molar-refractivity contribution in [2.45, 2.75) is 44.1 Å². The minimum Gasteiger partial charge on any atom is -0.368 e. The van der Waals surface area contributed by atoms with Crippen molar-refractivity contribution in [2.24, 2.45) is 0 Å². The Bertz CT molecular complexity index is 321. The Labute approximate surface area is 101 Å². The highest BCUT2D eigenvalue weighted by Gasteiger charge is 2.23. The molecule has 1 aromatic rings. The second kappa shape index (κ2) is 5.14. The molecule has 17 heavy (non-hydrogen) atoms. The summed E-state index contributed by atoms with van der Waals surface area (Å²) >= 11 is 0. The Hall–Kier alpha value is -0.940. The average Bonchev–Trinajstić information content (AvgIpc) is 2.90. The van der Waals surface area contributed by atoms with Crippen molar-refractivity contribution in [3.05, 3.63) is 11.6 Å². The number of nitrogens with zero attached hydrogens (tertiary/aromatic N) is 2. The maximum absolute atomic E-state index is 5.67. The standard InChI is InChI=1S/C12H20N4O/c1-2-4-9(5-3-1)11-14-12(16-15-11)10-8-13-6-7-17-10/h9-10,13H,1-8H2,(H,14,15,16). The maximum Gasteiger partial charge on any atom is 0.155 e. The summed E-state index contributed by atoms with van der Waals surface area (Å²) in [5.74, 6) is 2.44. The van der Waals surface area contributed by atoms with Gasteiger partial charge in [-0.3, -0.25) is 5.10 Å². The van der Waals surface area contributed by atoms with Gasteiger partial charge in [-0.15, -0.1) is 0 Å². The van der Waals surface area contributed by atoms with Gasteiger partial charge in [-0.1, -0.05) is 19.3 Å². The molecule has 2 fully saturated rings. The van der Waals surface area contributed by atoms with Gasteiger partial charge in [0.05, 0.1) is 6.61 Å². The molecule has 0 radical (unpaired) electrons. The van der Waals surface area contributed by atoms with Crippen LogP contribution in [0.25, 0.3) is 0 Å². The first-order chi connectivity index (χ1) is 8.43. The molecular formula is C12H20N4O. The second-order valence-electron chi connectivity index (χ2n) is 4.98. The van der Waals surface area contributed by atoms with Crippen LogP contribution in [0.1, 0.15) is 55.8 Å². The molecule has 2 aliphatic rings. The molecule has 94 valence electrons. The van der Waals surface area contributed by atoms with Gasteiger partial charge in [0.25, 0.3) is 0 Å². The lowest BCUT2D eigenvalue weighted by molar-refractivity contribution is 0.0223. The van der Waals surface area contributed by atoms with Gasteiger partial charge in [0, 0.05) is 19.0 Å². The summed E-state index contributed by atoms with van der Waals surface area (Å²) in [6.45, 7) is 2.52. The summed E-state index contributed by atoms with van der Waals surface area (Å²) in [4.78, 5) is 4.63. The van der Waals surface area contributed by atoms with E-state index in [1.165, 1.54) is 32.1 Å². The van der Waals surface area contributed by atoms with E-state index in [4.69, 9.17) is 4.74 Å². The zero-order chi connectivity index (χ0) is 11.5. The van der Waals surface area contributed by atoms with E-state index in [2.05, 4.69) is 20.5 Å². The molecule has 1 atom stereocenters. The molecule has 0 bridgehead atoms. The van der Waals surface area contributed by atoms with Crippen LogP contribution >= 0.6 is 0 Å². The summed E-state index contributed by atoms with van der Waals surface area (Å²) in [5, 5.41) is 10.7. The van der Waals surface area contributed by atoms with Crippen LogP contribution in [0.2, 0.25) is 0 Å². The third-order valence-electron chi connectivity index (χ3n) is 3.72. The lowest BCUT2D eigenvalue weighted by Crippen LogP contribution is -2.33. The number of hydrogen-bond acceptors (Lipinski definition) is 4. The number of morpholine rings is 1. The van der Waals surface area contributed by atoms with Crippen molar-refractivity contribution in [2.75, 3.05) is 19.7 Å². The smallest absolute Gasteiger partial charge is 0.155 e. The first-order valence-electron chi connectivity index (χ1n) is 6.68.